The molecule has 3 heterocycles. The molecule has 0 unspecified atom stereocenters. The van der Waals surface area contributed by atoms with Crippen LogP contribution < -0.4 is 4.90 Å². The number of anilines is 1. The molecule has 0 aliphatic carbocycles. The lowest BCUT2D eigenvalue weighted by molar-refractivity contribution is 0.895. The number of rotatable bonds is 4. The number of fused-ring (bicyclic) bond motifs is 1. The number of para-hydroxylation sites is 1. The van der Waals surface area contributed by atoms with Gasteiger partial charge >= 0.3 is 0 Å². The van der Waals surface area contributed by atoms with E-state index in [2.05, 4.69) is 27.0 Å². The van der Waals surface area contributed by atoms with Crippen LogP contribution in [0.15, 0.2) is 73.3 Å². The van der Waals surface area contributed by atoms with Gasteiger partial charge in [0.05, 0.1) is 5.52 Å². The van der Waals surface area contributed by atoms with Crippen molar-refractivity contribution < 1.29 is 0 Å². The van der Waals surface area contributed by atoms with Crippen LogP contribution in [0.1, 0.15) is 5.56 Å². The van der Waals surface area contributed by atoms with E-state index in [1.807, 2.05) is 49.6 Å². The van der Waals surface area contributed by atoms with Gasteiger partial charge in [-0.3, -0.25) is 9.97 Å². The second kappa shape index (κ2) is 6.65. The summed E-state index contributed by atoms with van der Waals surface area (Å²) >= 11 is 0. The Morgan fingerprint density at radius 2 is 1.64 bits per heavy atom. The van der Waals surface area contributed by atoms with E-state index < -0.39 is 0 Å². The third kappa shape index (κ3) is 3.17. The van der Waals surface area contributed by atoms with Crippen molar-refractivity contribution in [3.8, 4) is 11.4 Å². The van der Waals surface area contributed by atoms with Crippen molar-refractivity contribution in [2.45, 2.75) is 6.54 Å². The predicted molar refractivity (Wildman–Crippen MR) is 99.1 cm³/mol. The summed E-state index contributed by atoms with van der Waals surface area (Å²) in [5, 5.41) is 1.03. The molecule has 1 aromatic carbocycles. The van der Waals surface area contributed by atoms with E-state index in [9.17, 15) is 0 Å². The Balaban J connectivity index is 1.81. The van der Waals surface area contributed by atoms with Gasteiger partial charge in [0.2, 0.25) is 0 Å². The van der Waals surface area contributed by atoms with Crippen molar-refractivity contribution in [2.24, 2.45) is 0 Å². The molecule has 0 bridgehead atoms. The number of hydrogen-bond donors (Lipinski definition) is 0. The number of nitrogens with zero attached hydrogens (tertiary/aromatic N) is 5. The van der Waals surface area contributed by atoms with E-state index in [0.29, 0.717) is 5.82 Å². The van der Waals surface area contributed by atoms with Crippen LogP contribution in [0.3, 0.4) is 0 Å². The van der Waals surface area contributed by atoms with Crippen LogP contribution in [-0.2, 0) is 6.54 Å². The molecule has 0 saturated carbocycles. The first-order valence-electron chi connectivity index (χ1n) is 8.08. The average molecular weight is 327 g/mol. The number of benzene rings is 1. The van der Waals surface area contributed by atoms with Crippen molar-refractivity contribution in [3.63, 3.8) is 0 Å². The van der Waals surface area contributed by atoms with Crippen LogP contribution in [-0.4, -0.2) is 27.0 Å². The fraction of sp³-hybridized carbons (Fsp3) is 0.100. The zero-order valence-electron chi connectivity index (χ0n) is 13.9. The first kappa shape index (κ1) is 15.2. The molecule has 0 atom stereocenters. The largest absolute Gasteiger partial charge is 0.355 e. The third-order valence-electron chi connectivity index (χ3n) is 4.01. The monoisotopic (exact) mass is 327 g/mol. The molecular formula is C20H17N5. The van der Waals surface area contributed by atoms with E-state index in [1.54, 1.807) is 18.6 Å². The topological polar surface area (TPSA) is 54.8 Å². The summed E-state index contributed by atoms with van der Waals surface area (Å²) in [7, 11) is 2.04. The Hall–Kier alpha value is -3.34. The van der Waals surface area contributed by atoms with Gasteiger partial charge in [0, 0.05) is 49.3 Å². The molecule has 25 heavy (non-hydrogen) atoms. The highest BCUT2D eigenvalue weighted by Gasteiger charge is 2.13. The molecule has 4 rings (SSSR count). The lowest BCUT2D eigenvalue weighted by Crippen LogP contribution is -2.18. The van der Waals surface area contributed by atoms with E-state index in [0.717, 1.165) is 34.4 Å². The molecule has 0 amide bonds. The summed E-state index contributed by atoms with van der Waals surface area (Å²) in [6, 6.07) is 16.0. The molecule has 0 spiro atoms. The summed E-state index contributed by atoms with van der Waals surface area (Å²) in [5.74, 6) is 1.58. The maximum Gasteiger partial charge on any atom is 0.163 e. The first-order chi connectivity index (χ1) is 12.3. The van der Waals surface area contributed by atoms with Crippen molar-refractivity contribution in [1.29, 1.82) is 0 Å². The minimum atomic E-state index is 0.680. The fourth-order valence-corrected chi connectivity index (χ4v) is 2.82. The predicted octanol–water partition coefficient (Wildman–Crippen LogP) is 3.72. The molecule has 5 heteroatoms. The van der Waals surface area contributed by atoms with Gasteiger partial charge in [-0.2, -0.15) is 0 Å². The van der Waals surface area contributed by atoms with Crippen molar-refractivity contribution in [3.05, 3.63) is 78.9 Å². The van der Waals surface area contributed by atoms with Crippen molar-refractivity contribution in [2.75, 3.05) is 11.9 Å². The second-order valence-electron chi connectivity index (χ2n) is 5.85. The van der Waals surface area contributed by atoms with Crippen molar-refractivity contribution >= 4 is 16.7 Å². The Bertz CT molecular complexity index is 987. The van der Waals surface area contributed by atoms with Crippen LogP contribution >= 0.6 is 0 Å². The Labute approximate surface area is 146 Å². The molecule has 0 aliphatic rings. The lowest BCUT2D eigenvalue weighted by atomic mass is 10.2. The molecule has 0 saturated heterocycles. The molecule has 5 nitrogen and oxygen atoms in total. The zero-order valence-corrected chi connectivity index (χ0v) is 13.9. The fourth-order valence-electron chi connectivity index (χ4n) is 2.82. The SMILES string of the molecule is CN(Cc1cccnc1)c1nc(-c2cccnc2)nc2ccccc12. The van der Waals surface area contributed by atoms with Crippen LogP contribution in [0, 0.1) is 0 Å². The van der Waals surface area contributed by atoms with Crippen LogP contribution in [0.2, 0.25) is 0 Å². The first-order valence-corrected chi connectivity index (χ1v) is 8.08. The normalized spacial score (nSPS) is 10.8. The van der Waals surface area contributed by atoms with Gasteiger partial charge in [-0.15, -0.1) is 0 Å². The lowest BCUT2D eigenvalue weighted by Gasteiger charge is -2.20. The Kier molecular flexibility index (Phi) is 4.04. The standard InChI is InChI=1S/C20H17N5/c1-25(14-15-6-4-10-21-12-15)20-17-8-2-3-9-18(17)23-19(24-20)16-7-5-11-22-13-16/h2-13H,14H2,1H3. The third-order valence-corrected chi connectivity index (χ3v) is 4.01. The van der Waals surface area contributed by atoms with Gasteiger partial charge in [0.1, 0.15) is 5.82 Å². The van der Waals surface area contributed by atoms with Crippen molar-refractivity contribution in [1.82, 2.24) is 19.9 Å². The van der Waals surface area contributed by atoms with Crippen LogP contribution in [0.4, 0.5) is 5.82 Å². The smallest absolute Gasteiger partial charge is 0.163 e. The molecule has 0 fully saturated rings. The molecular weight excluding hydrogens is 310 g/mol. The number of aromatic nitrogens is 4. The summed E-state index contributed by atoms with van der Waals surface area (Å²) in [6.45, 7) is 0.724. The maximum absolute atomic E-state index is 4.82. The van der Waals surface area contributed by atoms with Gasteiger partial charge < -0.3 is 4.90 Å². The van der Waals surface area contributed by atoms with E-state index >= 15 is 0 Å². The highest BCUT2D eigenvalue weighted by Crippen LogP contribution is 2.27. The average Bonchev–Trinajstić information content (AvgIpc) is 2.68. The highest BCUT2D eigenvalue weighted by molar-refractivity contribution is 5.90. The van der Waals surface area contributed by atoms with Crippen LogP contribution in [0.5, 0.6) is 0 Å². The Morgan fingerprint density at radius 3 is 2.40 bits per heavy atom. The van der Waals surface area contributed by atoms with Gasteiger partial charge in [0.15, 0.2) is 5.82 Å². The zero-order chi connectivity index (χ0) is 17.1. The minimum absolute atomic E-state index is 0.680. The summed E-state index contributed by atoms with van der Waals surface area (Å²) in [4.78, 5) is 20.0. The summed E-state index contributed by atoms with van der Waals surface area (Å²) < 4.78 is 0. The molecule has 3 aromatic heterocycles. The molecule has 4 aromatic rings. The molecule has 0 aliphatic heterocycles. The van der Waals surface area contributed by atoms with Gasteiger partial charge in [-0.05, 0) is 35.9 Å². The van der Waals surface area contributed by atoms with Gasteiger partial charge in [-0.25, -0.2) is 9.97 Å². The second-order valence-corrected chi connectivity index (χ2v) is 5.85. The maximum atomic E-state index is 4.82. The summed E-state index contributed by atoms with van der Waals surface area (Å²) in [5.41, 5.74) is 2.96. The molecule has 0 N–H and O–H groups in total. The van der Waals surface area contributed by atoms with Gasteiger partial charge in [0.25, 0.3) is 0 Å². The number of pyridine rings is 2. The molecule has 0 radical (unpaired) electrons. The summed E-state index contributed by atoms with van der Waals surface area (Å²) in [6.07, 6.45) is 7.20. The quantitative estimate of drug-likeness (QED) is 0.572. The number of hydrogen-bond acceptors (Lipinski definition) is 5. The van der Waals surface area contributed by atoms with E-state index in [1.165, 1.54) is 0 Å². The van der Waals surface area contributed by atoms with E-state index in [4.69, 9.17) is 9.97 Å². The minimum Gasteiger partial charge on any atom is -0.355 e. The van der Waals surface area contributed by atoms with Crippen LogP contribution in [0.25, 0.3) is 22.3 Å². The molecule has 122 valence electrons. The van der Waals surface area contributed by atoms with Gasteiger partial charge in [-0.1, -0.05) is 18.2 Å². The van der Waals surface area contributed by atoms with E-state index in [-0.39, 0.29) is 0 Å². The highest BCUT2D eigenvalue weighted by atomic mass is 15.2. The Morgan fingerprint density at radius 1 is 0.840 bits per heavy atom.